The third kappa shape index (κ3) is 3.07. The van der Waals surface area contributed by atoms with Gasteiger partial charge < -0.3 is 29.0 Å². The standard InChI is InChI=1S/C15H17NO7/c1-20-11-6-4-5-10(13(11)17)16-8-23-7-9(14(18)21-2)12(16)15(19)22-3/h4-6,17H,7-8H2,1-3H3. The first kappa shape index (κ1) is 16.6. The van der Waals surface area contributed by atoms with Gasteiger partial charge in [0.25, 0.3) is 0 Å². The molecule has 0 bridgehead atoms. The average Bonchev–Trinajstić information content (AvgIpc) is 2.59. The molecular weight excluding hydrogens is 306 g/mol. The van der Waals surface area contributed by atoms with Crippen molar-refractivity contribution >= 4 is 17.6 Å². The van der Waals surface area contributed by atoms with E-state index in [1.54, 1.807) is 18.2 Å². The van der Waals surface area contributed by atoms with E-state index in [1.165, 1.54) is 26.2 Å². The summed E-state index contributed by atoms with van der Waals surface area (Å²) in [4.78, 5) is 25.4. The lowest BCUT2D eigenvalue weighted by molar-refractivity contribution is -0.140. The average molecular weight is 323 g/mol. The van der Waals surface area contributed by atoms with Gasteiger partial charge in [-0.05, 0) is 12.1 Å². The minimum absolute atomic E-state index is 0.00724. The summed E-state index contributed by atoms with van der Waals surface area (Å²) in [6, 6.07) is 4.76. The van der Waals surface area contributed by atoms with Gasteiger partial charge in [-0.25, -0.2) is 9.59 Å². The third-order valence-corrected chi connectivity index (χ3v) is 3.32. The van der Waals surface area contributed by atoms with Gasteiger partial charge in [0.05, 0.1) is 39.2 Å². The Balaban J connectivity index is 2.60. The van der Waals surface area contributed by atoms with Crippen LogP contribution in [0, 0.1) is 0 Å². The quantitative estimate of drug-likeness (QED) is 0.813. The molecule has 1 aromatic rings. The number of para-hydroxylation sites is 1. The van der Waals surface area contributed by atoms with Crippen molar-refractivity contribution in [2.24, 2.45) is 0 Å². The fourth-order valence-electron chi connectivity index (χ4n) is 2.23. The number of carbonyl (C=O) groups excluding carboxylic acids is 2. The minimum Gasteiger partial charge on any atom is -0.503 e. The number of nitrogens with zero attached hydrogens (tertiary/aromatic N) is 1. The van der Waals surface area contributed by atoms with Crippen LogP contribution < -0.4 is 9.64 Å². The van der Waals surface area contributed by atoms with E-state index in [-0.39, 0.29) is 41.8 Å². The molecule has 1 aliphatic heterocycles. The number of phenolic OH excluding ortho intramolecular Hbond substituents is 1. The molecule has 0 saturated heterocycles. The zero-order valence-electron chi connectivity index (χ0n) is 13.0. The summed E-state index contributed by atoms with van der Waals surface area (Å²) < 4.78 is 19.8. The van der Waals surface area contributed by atoms with Gasteiger partial charge in [-0.2, -0.15) is 0 Å². The number of esters is 2. The molecule has 0 aromatic heterocycles. The maximum Gasteiger partial charge on any atom is 0.355 e. The monoisotopic (exact) mass is 323 g/mol. The molecule has 1 aromatic carbocycles. The van der Waals surface area contributed by atoms with Gasteiger partial charge in [0.2, 0.25) is 0 Å². The molecule has 8 nitrogen and oxygen atoms in total. The number of phenols is 1. The molecule has 1 aliphatic rings. The number of hydrogen-bond donors (Lipinski definition) is 1. The first-order valence-electron chi connectivity index (χ1n) is 6.66. The molecule has 23 heavy (non-hydrogen) atoms. The zero-order chi connectivity index (χ0) is 17.0. The van der Waals surface area contributed by atoms with Crippen molar-refractivity contribution in [3.63, 3.8) is 0 Å². The molecule has 0 amide bonds. The number of ether oxygens (including phenoxy) is 4. The number of benzene rings is 1. The highest BCUT2D eigenvalue weighted by atomic mass is 16.5. The summed E-state index contributed by atoms with van der Waals surface area (Å²) in [5.41, 5.74) is 0.202. The van der Waals surface area contributed by atoms with Crippen LogP contribution >= 0.6 is 0 Å². The van der Waals surface area contributed by atoms with Crippen LogP contribution in [0.3, 0.4) is 0 Å². The predicted octanol–water partition coefficient (Wildman–Crippen LogP) is 0.795. The Bertz CT molecular complexity index is 653. The second-order valence-electron chi connectivity index (χ2n) is 4.54. The van der Waals surface area contributed by atoms with Gasteiger partial charge in [-0.3, -0.25) is 0 Å². The molecule has 2 rings (SSSR count). The SMILES string of the molecule is COC(=O)C1=C(C(=O)OC)N(c2cccc(OC)c2O)COC1. The molecule has 8 heteroatoms. The Hall–Kier alpha value is -2.74. The van der Waals surface area contributed by atoms with Crippen LogP contribution in [0.1, 0.15) is 0 Å². The summed E-state index contributed by atoms with van der Waals surface area (Å²) in [7, 11) is 3.80. The van der Waals surface area contributed by atoms with Gasteiger partial charge in [-0.1, -0.05) is 6.07 Å². The Morgan fingerprint density at radius 2 is 1.87 bits per heavy atom. The molecule has 1 heterocycles. The van der Waals surface area contributed by atoms with Crippen molar-refractivity contribution in [1.29, 1.82) is 0 Å². The van der Waals surface area contributed by atoms with E-state index in [0.29, 0.717) is 0 Å². The van der Waals surface area contributed by atoms with Gasteiger partial charge in [-0.15, -0.1) is 0 Å². The van der Waals surface area contributed by atoms with Crippen LogP contribution in [0.5, 0.6) is 11.5 Å². The Morgan fingerprint density at radius 3 is 2.48 bits per heavy atom. The third-order valence-electron chi connectivity index (χ3n) is 3.32. The smallest absolute Gasteiger partial charge is 0.355 e. The first-order valence-corrected chi connectivity index (χ1v) is 6.66. The van der Waals surface area contributed by atoms with Crippen molar-refractivity contribution in [1.82, 2.24) is 0 Å². The summed E-state index contributed by atoms with van der Waals surface area (Å²) in [5, 5.41) is 10.3. The van der Waals surface area contributed by atoms with E-state index >= 15 is 0 Å². The molecule has 124 valence electrons. The largest absolute Gasteiger partial charge is 0.503 e. The maximum atomic E-state index is 12.1. The van der Waals surface area contributed by atoms with E-state index in [1.807, 2.05) is 0 Å². The predicted molar refractivity (Wildman–Crippen MR) is 79.0 cm³/mol. The molecule has 1 N–H and O–H groups in total. The molecule has 0 radical (unpaired) electrons. The number of methoxy groups -OCH3 is 3. The summed E-state index contributed by atoms with van der Waals surface area (Å²) in [5.74, 6) is -1.42. The number of aromatic hydroxyl groups is 1. The van der Waals surface area contributed by atoms with Crippen LogP contribution in [0.4, 0.5) is 5.69 Å². The van der Waals surface area contributed by atoms with Crippen molar-refractivity contribution in [2.75, 3.05) is 39.6 Å². The van der Waals surface area contributed by atoms with E-state index in [4.69, 9.17) is 14.2 Å². The minimum atomic E-state index is -0.740. The molecular formula is C15H17NO7. The second kappa shape index (κ2) is 7.01. The van der Waals surface area contributed by atoms with E-state index in [2.05, 4.69) is 4.74 Å². The van der Waals surface area contributed by atoms with Gasteiger partial charge >= 0.3 is 11.9 Å². The molecule has 0 fully saturated rings. The van der Waals surface area contributed by atoms with Gasteiger partial charge in [0, 0.05) is 0 Å². The van der Waals surface area contributed by atoms with E-state index < -0.39 is 11.9 Å². The maximum absolute atomic E-state index is 12.1. The Kier molecular flexibility index (Phi) is 5.07. The normalized spacial score (nSPS) is 14.5. The molecule has 0 aliphatic carbocycles. The number of anilines is 1. The van der Waals surface area contributed by atoms with Crippen LogP contribution in [0.25, 0.3) is 0 Å². The molecule has 0 spiro atoms. The lowest BCUT2D eigenvalue weighted by atomic mass is 10.1. The van der Waals surface area contributed by atoms with Crippen molar-refractivity contribution < 1.29 is 33.6 Å². The lowest BCUT2D eigenvalue weighted by Gasteiger charge is -2.31. The first-order chi connectivity index (χ1) is 11.0. The Morgan fingerprint density at radius 1 is 1.17 bits per heavy atom. The molecule has 0 unspecified atom stereocenters. The van der Waals surface area contributed by atoms with Crippen LogP contribution in [-0.2, 0) is 23.8 Å². The van der Waals surface area contributed by atoms with Crippen molar-refractivity contribution in [3.8, 4) is 11.5 Å². The van der Waals surface area contributed by atoms with Crippen molar-refractivity contribution in [3.05, 3.63) is 29.5 Å². The fraction of sp³-hybridized carbons (Fsp3) is 0.333. The molecule has 0 atom stereocenters. The number of hydrogen-bond acceptors (Lipinski definition) is 8. The van der Waals surface area contributed by atoms with E-state index in [0.717, 1.165) is 0 Å². The van der Waals surface area contributed by atoms with Crippen LogP contribution in [0.2, 0.25) is 0 Å². The van der Waals surface area contributed by atoms with Crippen LogP contribution in [0.15, 0.2) is 29.5 Å². The lowest BCUT2D eigenvalue weighted by Crippen LogP contribution is -2.38. The molecule has 0 saturated carbocycles. The van der Waals surface area contributed by atoms with Crippen molar-refractivity contribution in [2.45, 2.75) is 0 Å². The van der Waals surface area contributed by atoms with Gasteiger partial charge in [0.1, 0.15) is 12.4 Å². The zero-order valence-corrected chi connectivity index (χ0v) is 13.0. The van der Waals surface area contributed by atoms with Gasteiger partial charge in [0.15, 0.2) is 11.5 Å². The highest BCUT2D eigenvalue weighted by molar-refractivity contribution is 6.03. The second-order valence-corrected chi connectivity index (χ2v) is 4.54. The summed E-state index contributed by atoms with van der Waals surface area (Å²) >= 11 is 0. The van der Waals surface area contributed by atoms with Crippen LogP contribution in [-0.4, -0.2) is 51.7 Å². The topological polar surface area (TPSA) is 94.5 Å². The fourth-order valence-corrected chi connectivity index (χ4v) is 2.23. The summed E-state index contributed by atoms with van der Waals surface area (Å²) in [6.07, 6.45) is 0. The summed E-state index contributed by atoms with van der Waals surface area (Å²) in [6.45, 7) is -0.149. The number of rotatable bonds is 4. The number of carbonyl (C=O) groups is 2. The highest BCUT2D eigenvalue weighted by Crippen LogP contribution is 2.39. The van der Waals surface area contributed by atoms with E-state index in [9.17, 15) is 14.7 Å². The highest BCUT2D eigenvalue weighted by Gasteiger charge is 2.33. The Labute approximate surface area is 132 Å².